The molecule has 1 aromatic rings. The van der Waals surface area contributed by atoms with Crippen molar-refractivity contribution in [3.63, 3.8) is 0 Å². The Morgan fingerprint density at radius 1 is 1.38 bits per heavy atom. The number of ether oxygens (including phenoxy) is 1. The Kier molecular flexibility index (Phi) is 4.92. The van der Waals surface area contributed by atoms with E-state index in [9.17, 15) is 31.2 Å². The Morgan fingerprint density at radius 3 is 2.62 bits per heavy atom. The molecule has 7 nitrogen and oxygen atoms in total. The minimum Gasteiger partial charge on any atom is -0.464 e. The van der Waals surface area contributed by atoms with E-state index in [1.54, 1.807) is 6.92 Å². The third-order valence-corrected chi connectivity index (χ3v) is 4.37. The molecule has 0 saturated carbocycles. The van der Waals surface area contributed by atoms with Crippen LogP contribution in [0.3, 0.4) is 0 Å². The van der Waals surface area contributed by atoms with Crippen LogP contribution < -0.4 is 9.74 Å². The van der Waals surface area contributed by atoms with Gasteiger partial charge >= 0.3 is 21.6 Å². The number of hydrogen-bond acceptors (Lipinski definition) is 6. The van der Waals surface area contributed by atoms with Crippen molar-refractivity contribution in [3.8, 4) is 5.75 Å². The summed E-state index contributed by atoms with van der Waals surface area (Å²) in [6, 6.07) is 0.718. The van der Waals surface area contributed by atoms with Gasteiger partial charge in [-0.15, -0.1) is 0 Å². The van der Waals surface area contributed by atoms with Gasteiger partial charge in [0.15, 0.2) is 0 Å². The molecule has 0 N–H and O–H groups in total. The van der Waals surface area contributed by atoms with Crippen LogP contribution >= 0.6 is 0 Å². The van der Waals surface area contributed by atoms with Gasteiger partial charge in [-0.1, -0.05) is 0 Å². The first-order valence-corrected chi connectivity index (χ1v) is 8.40. The maximum Gasteiger partial charge on any atom is 0.534 e. The lowest BCUT2D eigenvalue weighted by molar-refractivity contribution is -0.147. The van der Waals surface area contributed by atoms with Crippen LogP contribution in [0.2, 0.25) is 0 Å². The first-order valence-electron chi connectivity index (χ1n) is 6.99. The molecule has 0 aromatic carbocycles. The fourth-order valence-corrected chi connectivity index (χ4v) is 2.89. The van der Waals surface area contributed by atoms with Gasteiger partial charge in [-0.25, -0.2) is 4.79 Å². The van der Waals surface area contributed by atoms with Crippen molar-refractivity contribution in [2.24, 2.45) is 0 Å². The van der Waals surface area contributed by atoms with Crippen molar-refractivity contribution >= 4 is 16.1 Å². The fourth-order valence-electron chi connectivity index (χ4n) is 2.44. The van der Waals surface area contributed by atoms with Gasteiger partial charge in [0.05, 0.1) is 6.61 Å². The molecule has 24 heavy (non-hydrogen) atoms. The Hall–Kier alpha value is -2.04. The second-order valence-electron chi connectivity index (χ2n) is 5.03. The number of aryl methyl sites for hydroxylation is 1. The summed E-state index contributed by atoms with van der Waals surface area (Å²) in [6.07, 6.45) is 1.11. The number of halogens is 3. The summed E-state index contributed by atoms with van der Waals surface area (Å²) >= 11 is 0. The summed E-state index contributed by atoms with van der Waals surface area (Å²) in [4.78, 5) is 24.0. The van der Waals surface area contributed by atoms with Crippen LogP contribution in [-0.2, 0) is 26.1 Å². The molecule has 1 atom stereocenters. The lowest BCUT2D eigenvalue weighted by Gasteiger charge is -2.26. The number of rotatable bonds is 4. The summed E-state index contributed by atoms with van der Waals surface area (Å²) < 4.78 is 69.1. The highest BCUT2D eigenvalue weighted by Gasteiger charge is 2.48. The van der Waals surface area contributed by atoms with Crippen LogP contribution in [0.25, 0.3) is 0 Å². The van der Waals surface area contributed by atoms with E-state index >= 15 is 0 Å². The number of carbonyl (C=O) groups is 1. The van der Waals surface area contributed by atoms with Gasteiger partial charge < -0.3 is 8.92 Å². The normalized spacial score (nSPS) is 17.9. The second-order valence-corrected chi connectivity index (χ2v) is 6.57. The number of hydrogen-bond donors (Lipinski definition) is 0. The van der Waals surface area contributed by atoms with Crippen LogP contribution in [0, 0.1) is 0 Å². The highest BCUT2D eigenvalue weighted by Crippen LogP contribution is 2.29. The molecule has 2 rings (SSSR count). The van der Waals surface area contributed by atoms with E-state index in [0.29, 0.717) is 18.9 Å². The average molecular weight is 369 g/mol. The molecule has 1 unspecified atom stereocenters. The first kappa shape index (κ1) is 18.3. The molecule has 1 aliphatic rings. The summed E-state index contributed by atoms with van der Waals surface area (Å²) in [7, 11) is -5.87. The van der Waals surface area contributed by atoms with Crippen molar-refractivity contribution in [1.29, 1.82) is 0 Å². The highest BCUT2D eigenvalue weighted by molar-refractivity contribution is 7.88. The van der Waals surface area contributed by atoms with Crippen LogP contribution in [0.5, 0.6) is 5.75 Å². The van der Waals surface area contributed by atoms with Gasteiger partial charge in [-0.05, 0) is 26.2 Å². The zero-order valence-corrected chi connectivity index (χ0v) is 13.3. The summed E-state index contributed by atoms with van der Waals surface area (Å²) in [6.45, 7) is 1.72. The molecule has 134 valence electrons. The third-order valence-electron chi connectivity index (χ3n) is 3.39. The summed E-state index contributed by atoms with van der Waals surface area (Å²) in [5.74, 6) is -1.37. The van der Waals surface area contributed by atoms with E-state index in [1.807, 2.05) is 0 Å². The fraction of sp³-hybridized carbons (Fsp3) is 0.538. The number of fused-ring (bicyclic) bond motifs is 1. The smallest absolute Gasteiger partial charge is 0.464 e. The molecule has 1 aromatic heterocycles. The lowest BCUT2D eigenvalue weighted by Crippen LogP contribution is -2.36. The van der Waals surface area contributed by atoms with E-state index < -0.39 is 38.9 Å². The molecular formula is C13H14F3NO6S. The maximum atomic E-state index is 12.4. The van der Waals surface area contributed by atoms with E-state index in [2.05, 4.69) is 4.18 Å². The van der Waals surface area contributed by atoms with Gasteiger partial charge in [0, 0.05) is 17.8 Å². The first-order chi connectivity index (χ1) is 11.1. The molecule has 0 radical (unpaired) electrons. The van der Waals surface area contributed by atoms with Crippen LogP contribution in [0.4, 0.5) is 13.2 Å². The molecule has 1 aliphatic heterocycles. The molecular weight excluding hydrogens is 355 g/mol. The highest BCUT2D eigenvalue weighted by atomic mass is 32.2. The van der Waals surface area contributed by atoms with E-state index in [1.165, 1.54) is 0 Å². The Labute approximate surface area is 135 Å². The molecule has 0 fully saturated rings. The molecule has 0 aliphatic carbocycles. The van der Waals surface area contributed by atoms with E-state index in [4.69, 9.17) is 4.74 Å². The average Bonchev–Trinajstić information content (AvgIpc) is 2.45. The number of aromatic nitrogens is 1. The van der Waals surface area contributed by atoms with Gasteiger partial charge in [-0.3, -0.25) is 9.36 Å². The van der Waals surface area contributed by atoms with Crippen molar-refractivity contribution in [1.82, 2.24) is 4.57 Å². The maximum absolute atomic E-state index is 12.4. The quantitative estimate of drug-likeness (QED) is 0.454. The van der Waals surface area contributed by atoms with Crippen molar-refractivity contribution < 1.29 is 35.3 Å². The SMILES string of the molecule is CCOC(=O)C1CCCc2cc(OS(=O)(=O)C(F)(F)F)cc(=O)n21. The third kappa shape index (κ3) is 3.55. The van der Waals surface area contributed by atoms with Gasteiger partial charge in [0.1, 0.15) is 11.8 Å². The Morgan fingerprint density at radius 2 is 2.04 bits per heavy atom. The molecule has 11 heteroatoms. The Bertz CT molecular complexity index is 799. The number of nitrogens with zero attached hydrogens (tertiary/aromatic N) is 1. The predicted octanol–water partition coefficient (Wildman–Crippen LogP) is 1.52. The van der Waals surface area contributed by atoms with E-state index in [-0.39, 0.29) is 18.7 Å². The van der Waals surface area contributed by atoms with Gasteiger partial charge in [0.25, 0.3) is 5.56 Å². The molecule has 2 heterocycles. The van der Waals surface area contributed by atoms with Gasteiger partial charge in [0.2, 0.25) is 0 Å². The second kappa shape index (κ2) is 6.46. The zero-order chi connectivity index (χ0) is 18.1. The van der Waals surface area contributed by atoms with Gasteiger partial charge in [-0.2, -0.15) is 21.6 Å². The molecule has 0 saturated heterocycles. The minimum atomic E-state index is -5.87. The van der Waals surface area contributed by atoms with Crippen molar-refractivity contribution in [3.05, 3.63) is 28.2 Å². The standard InChI is InChI=1S/C13H14F3NO6S/c1-2-22-12(19)10-5-3-4-8-6-9(7-11(18)17(8)10)23-24(20,21)13(14,15)16/h6-7,10H,2-5H2,1H3. The minimum absolute atomic E-state index is 0.116. The largest absolute Gasteiger partial charge is 0.534 e. The van der Waals surface area contributed by atoms with E-state index in [0.717, 1.165) is 10.6 Å². The number of carbonyl (C=O) groups excluding carboxylic acids is 1. The lowest BCUT2D eigenvalue weighted by atomic mass is 10.0. The topological polar surface area (TPSA) is 91.7 Å². The summed E-state index contributed by atoms with van der Waals surface area (Å²) in [5, 5.41) is 0. The molecule has 0 amide bonds. The molecule has 0 spiro atoms. The number of esters is 1. The van der Waals surface area contributed by atoms with Crippen LogP contribution in [0.1, 0.15) is 31.5 Å². The predicted molar refractivity (Wildman–Crippen MR) is 74.9 cm³/mol. The number of alkyl halides is 3. The van der Waals surface area contributed by atoms with Crippen LogP contribution in [0.15, 0.2) is 16.9 Å². The van der Waals surface area contributed by atoms with Crippen LogP contribution in [-0.4, -0.2) is 31.1 Å². The zero-order valence-electron chi connectivity index (χ0n) is 12.5. The Balaban J connectivity index is 2.41. The van der Waals surface area contributed by atoms with Crippen molar-refractivity contribution in [2.75, 3.05) is 6.61 Å². The van der Waals surface area contributed by atoms with Crippen molar-refractivity contribution in [2.45, 2.75) is 37.7 Å². The number of pyridine rings is 1. The monoisotopic (exact) mass is 369 g/mol. The summed E-state index contributed by atoms with van der Waals surface area (Å²) in [5.41, 5.74) is -6.23. The molecule has 0 bridgehead atoms.